The molecule has 0 saturated carbocycles. The quantitative estimate of drug-likeness (QED) is 0.209. The zero-order valence-corrected chi connectivity index (χ0v) is 21.6. The molecule has 31 heavy (non-hydrogen) atoms. The number of nitrogens with one attached hydrogen (secondary N) is 3. The molecule has 1 fully saturated rings. The average molecular weight is 548 g/mol. The Balaban J connectivity index is 0.00000480. The molecule has 1 amide bonds. The van der Waals surface area contributed by atoms with Gasteiger partial charge in [-0.05, 0) is 45.7 Å². The number of rotatable bonds is 7. The third-order valence-electron chi connectivity index (χ3n) is 4.37. The molecule has 2 heterocycles. The van der Waals surface area contributed by atoms with Crippen molar-refractivity contribution in [3.63, 3.8) is 0 Å². The van der Waals surface area contributed by atoms with E-state index in [1.54, 1.807) is 7.05 Å². The van der Waals surface area contributed by atoms with E-state index in [4.69, 9.17) is 9.47 Å². The number of carbonyl (C=O) groups excluding carboxylic acids is 1. The van der Waals surface area contributed by atoms with Crippen LogP contribution in [0.15, 0.2) is 23.3 Å². The summed E-state index contributed by atoms with van der Waals surface area (Å²) in [5.41, 5.74) is 0.594. The minimum Gasteiger partial charge on any atom is -0.444 e. The first-order valence-corrected chi connectivity index (χ1v) is 10.5. The number of morpholine rings is 1. The number of aliphatic imine (C=N–C) groups is 1. The fourth-order valence-electron chi connectivity index (χ4n) is 2.94. The molecule has 0 bridgehead atoms. The summed E-state index contributed by atoms with van der Waals surface area (Å²) in [6.07, 6.45) is 2.48. The van der Waals surface area contributed by atoms with Gasteiger partial charge >= 0.3 is 6.09 Å². The summed E-state index contributed by atoms with van der Waals surface area (Å²) in [5.74, 6) is 1.69. The normalized spacial score (nSPS) is 16.9. The van der Waals surface area contributed by atoms with Crippen molar-refractivity contribution in [3.05, 3.63) is 23.9 Å². The van der Waals surface area contributed by atoms with Crippen LogP contribution in [-0.4, -0.2) is 68.6 Å². The predicted octanol–water partition coefficient (Wildman–Crippen LogP) is 2.50. The number of carbonyl (C=O) groups is 1. The maximum absolute atomic E-state index is 11.6. The highest BCUT2D eigenvalue weighted by Crippen LogP contribution is 2.15. The van der Waals surface area contributed by atoms with Crippen LogP contribution in [0.3, 0.4) is 0 Å². The van der Waals surface area contributed by atoms with E-state index in [1.807, 2.05) is 33.0 Å². The van der Waals surface area contributed by atoms with Crippen molar-refractivity contribution in [2.75, 3.05) is 44.7 Å². The van der Waals surface area contributed by atoms with E-state index in [2.05, 4.69) is 43.8 Å². The van der Waals surface area contributed by atoms with Gasteiger partial charge in [-0.15, -0.1) is 24.0 Å². The minimum atomic E-state index is -0.484. The van der Waals surface area contributed by atoms with Gasteiger partial charge in [0.1, 0.15) is 11.4 Å². The summed E-state index contributed by atoms with van der Waals surface area (Å²) in [6, 6.07) is 4.13. The zero-order chi connectivity index (χ0) is 22.0. The summed E-state index contributed by atoms with van der Waals surface area (Å²) in [5, 5.41) is 9.25. The maximum Gasteiger partial charge on any atom is 0.407 e. The maximum atomic E-state index is 11.6. The molecule has 1 aromatic rings. The Morgan fingerprint density at radius 3 is 2.65 bits per heavy atom. The van der Waals surface area contributed by atoms with Gasteiger partial charge < -0.3 is 30.3 Å². The van der Waals surface area contributed by atoms with Gasteiger partial charge in [0.05, 0.1) is 12.7 Å². The second-order valence-corrected chi connectivity index (χ2v) is 8.29. The largest absolute Gasteiger partial charge is 0.444 e. The van der Waals surface area contributed by atoms with Crippen LogP contribution in [-0.2, 0) is 16.0 Å². The zero-order valence-electron chi connectivity index (χ0n) is 19.2. The summed E-state index contributed by atoms with van der Waals surface area (Å²) in [4.78, 5) is 22.7. The molecule has 1 unspecified atom stereocenters. The predicted molar refractivity (Wildman–Crippen MR) is 134 cm³/mol. The van der Waals surface area contributed by atoms with Gasteiger partial charge in [-0.1, -0.05) is 6.07 Å². The molecule has 176 valence electrons. The van der Waals surface area contributed by atoms with Crippen molar-refractivity contribution >= 4 is 41.8 Å². The molecule has 0 aromatic carbocycles. The van der Waals surface area contributed by atoms with Gasteiger partial charge in [-0.3, -0.25) is 4.99 Å². The minimum absolute atomic E-state index is 0. The van der Waals surface area contributed by atoms with Crippen molar-refractivity contribution in [2.45, 2.75) is 52.4 Å². The van der Waals surface area contributed by atoms with E-state index >= 15 is 0 Å². The number of halogens is 1. The molecule has 3 N–H and O–H groups in total. The molecule has 10 heteroatoms. The summed E-state index contributed by atoms with van der Waals surface area (Å²) in [6.45, 7) is 11.9. The van der Waals surface area contributed by atoms with Crippen LogP contribution in [0.2, 0.25) is 0 Å². The van der Waals surface area contributed by atoms with Crippen molar-refractivity contribution in [1.82, 2.24) is 20.9 Å². The Bertz CT molecular complexity index is 693. The molecule has 0 radical (unpaired) electrons. The van der Waals surface area contributed by atoms with Gasteiger partial charge in [0, 0.05) is 46.0 Å². The Labute approximate surface area is 202 Å². The number of hydrogen-bond acceptors (Lipinski definition) is 6. The highest BCUT2D eigenvalue weighted by molar-refractivity contribution is 14.0. The summed E-state index contributed by atoms with van der Waals surface area (Å²) in [7, 11) is 1.73. The second-order valence-electron chi connectivity index (χ2n) is 8.29. The molecular formula is C21H37IN6O3. The number of amides is 1. The molecule has 1 saturated heterocycles. The molecule has 1 aliphatic rings. The number of pyridine rings is 1. The second kappa shape index (κ2) is 13.6. The van der Waals surface area contributed by atoms with Gasteiger partial charge in [0.15, 0.2) is 5.96 Å². The van der Waals surface area contributed by atoms with Crippen molar-refractivity contribution in [1.29, 1.82) is 0 Å². The monoisotopic (exact) mass is 548 g/mol. The Kier molecular flexibility index (Phi) is 11.9. The Hall–Kier alpha value is -1.82. The third kappa shape index (κ3) is 10.9. The lowest BCUT2D eigenvalue weighted by Gasteiger charge is -2.32. The number of alkyl carbamates (subject to hydrolysis) is 1. The number of guanidine groups is 1. The van der Waals surface area contributed by atoms with Crippen molar-refractivity contribution in [2.24, 2.45) is 4.99 Å². The first-order valence-electron chi connectivity index (χ1n) is 10.5. The van der Waals surface area contributed by atoms with Crippen molar-refractivity contribution in [3.8, 4) is 0 Å². The number of nitrogens with zero attached hydrogens (tertiary/aromatic N) is 3. The first-order chi connectivity index (χ1) is 14.3. The van der Waals surface area contributed by atoms with E-state index in [1.165, 1.54) is 0 Å². The molecular weight excluding hydrogens is 511 g/mol. The van der Waals surface area contributed by atoms with Gasteiger partial charge in [0.2, 0.25) is 0 Å². The van der Waals surface area contributed by atoms with Gasteiger partial charge in [-0.2, -0.15) is 0 Å². The summed E-state index contributed by atoms with van der Waals surface area (Å²) < 4.78 is 10.8. The van der Waals surface area contributed by atoms with E-state index in [-0.39, 0.29) is 30.1 Å². The van der Waals surface area contributed by atoms with Crippen LogP contribution in [0.4, 0.5) is 10.6 Å². The summed E-state index contributed by atoms with van der Waals surface area (Å²) >= 11 is 0. The van der Waals surface area contributed by atoms with Crippen LogP contribution in [0.5, 0.6) is 0 Å². The lowest BCUT2D eigenvalue weighted by Crippen LogP contribution is -2.41. The number of hydrogen-bond donors (Lipinski definition) is 3. The first kappa shape index (κ1) is 27.2. The fourth-order valence-corrected chi connectivity index (χ4v) is 2.94. The fraction of sp³-hybridized carbons (Fsp3) is 0.667. The molecule has 0 spiro atoms. The van der Waals surface area contributed by atoms with E-state index in [0.717, 1.165) is 37.5 Å². The smallest absolute Gasteiger partial charge is 0.407 e. The molecule has 1 aliphatic heterocycles. The highest BCUT2D eigenvalue weighted by Gasteiger charge is 2.18. The third-order valence-corrected chi connectivity index (χ3v) is 4.37. The Morgan fingerprint density at radius 1 is 1.29 bits per heavy atom. The number of ether oxygens (including phenoxy) is 2. The van der Waals surface area contributed by atoms with Crippen LogP contribution in [0.1, 0.15) is 39.7 Å². The highest BCUT2D eigenvalue weighted by atomic mass is 127. The number of aromatic nitrogens is 1. The molecule has 0 aliphatic carbocycles. The lowest BCUT2D eigenvalue weighted by molar-refractivity contribution is 0.0524. The Morgan fingerprint density at radius 2 is 2.03 bits per heavy atom. The van der Waals surface area contributed by atoms with E-state index < -0.39 is 11.7 Å². The molecule has 1 atom stereocenters. The SMILES string of the molecule is CN=C(NCCCNC(=O)OC(C)(C)C)NCc1ccc(N2CCOC(C)C2)nc1.I. The topological polar surface area (TPSA) is 100 Å². The lowest BCUT2D eigenvalue weighted by atomic mass is 10.2. The average Bonchev–Trinajstić information content (AvgIpc) is 2.69. The van der Waals surface area contributed by atoms with Crippen LogP contribution in [0, 0.1) is 0 Å². The standard InChI is InChI=1S/C21H36N6O3.HI/c1-16-15-27(11-12-29-16)18-8-7-17(13-25-18)14-26-19(22-5)23-9-6-10-24-20(28)30-21(2,3)4;/h7-8,13,16H,6,9-12,14-15H2,1-5H3,(H,24,28)(H2,22,23,26);1H. The number of anilines is 1. The van der Waals surface area contributed by atoms with Gasteiger partial charge in [-0.25, -0.2) is 9.78 Å². The van der Waals surface area contributed by atoms with Gasteiger partial charge in [0.25, 0.3) is 0 Å². The van der Waals surface area contributed by atoms with E-state index in [0.29, 0.717) is 25.6 Å². The van der Waals surface area contributed by atoms with Crippen LogP contribution in [0.25, 0.3) is 0 Å². The molecule has 1 aromatic heterocycles. The van der Waals surface area contributed by atoms with E-state index in [9.17, 15) is 4.79 Å². The van der Waals surface area contributed by atoms with Crippen LogP contribution >= 0.6 is 24.0 Å². The van der Waals surface area contributed by atoms with Crippen molar-refractivity contribution < 1.29 is 14.3 Å². The van der Waals surface area contributed by atoms with Crippen LogP contribution < -0.4 is 20.9 Å². The molecule has 2 rings (SSSR count). The molecule has 9 nitrogen and oxygen atoms in total.